The second kappa shape index (κ2) is 7.53. The summed E-state index contributed by atoms with van der Waals surface area (Å²) in [7, 11) is 0. The van der Waals surface area contributed by atoms with Crippen LogP contribution in [0.1, 0.15) is 23.0 Å². The Hall–Kier alpha value is -3.04. The number of para-hydroxylation sites is 1. The molecule has 0 aliphatic carbocycles. The topological polar surface area (TPSA) is 106 Å². The Bertz CT molecular complexity index is 987. The lowest BCUT2D eigenvalue weighted by Crippen LogP contribution is -2.32. The Balaban J connectivity index is 1.46. The third kappa shape index (κ3) is 3.67. The molecule has 1 fully saturated rings. The number of likely N-dealkylation sites (tertiary alicyclic amines) is 1. The molecular weight excluding hydrogens is 382 g/mol. The fraction of sp³-hybridized carbons (Fsp3) is 0.263. The molecule has 144 valence electrons. The summed E-state index contributed by atoms with van der Waals surface area (Å²) in [5.41, 5.74) is 1.49. The Labute approximate surface area is 164 Å². The summed E-state index contributed by atoms with van der Waals surface area (Å²) in [6.45, 7) is 0.176. The van der Waals surface area contributed by atoms with Gasteiger partial charge in [0.2, 0.25) is 0 Å². The molecule has 1 saturated heterocycles. The largest absolute Gasteiger partial charge is 0.445 e. The Morgan fingerprint density at radius 2 is 2.04 bits per heavy atom. The minimum absolute atomic E-state index is 0.00398. The van der Waals surface area contributed by atoms with Crippen LogP contribution in [-0.4, -0.2) is 38.7 Å². The molecule has 3 aromatic rings. The van der Waals surface area contributed by atoms with Gasteiger partial charge in [-0.3, -0.25) is 15.0 Å². The van der Waals surface area contributed by atoms with Gasteiger partial charge < -0.3 is 9.84 Å². The molecular formula is C19H17N3O5S. The predicted molar refractivity (Wildman–Crippen MR) is 103 cm³/mol. The van der Waals surface area contributed by atoms with E-state index in [1.54, 1.807) is 12.1 Å². The number of hydrogen-bond acceptors (Lipinski definition) is 7. The van der Waals surface area contributed by atoms with Gasteiger partial charge in [-0.25, -0.2) is 9.78 Å². The molecule has 28 heavy (non-hydrogen) atoms. The number of rotatable bonds is 4. The zero-order valence-electron chi connectivity index (χ0n) is 14.7. The quantitative estimate of drug-likeness (QED) is 0.530. The number of thiazole rings is 1. The van der Waals surface area contributed by atoms with Crippen LogP contribution in [0.15, 0.2) is 48.5 Å². The van der Waals surface area contributed by atoms with E-state index in [9.17, 15) is 20.0 Å². The van der Waals surface area contributed by atoms with Crippen molar-refractivity contribution in [3.63, 3.8) is 0 Å². The molecule has 2 atom stereocenters. The molecule has 2 heterocycles. The van der Waals surface area contributed by atoms with Crippen molar-refractivity contribution in [2.45, 2.75) is 25.2 Å². The number of amides is 1. The van der Waals surface area contributed by atoms with Crippen molar-refractivity contribution in [3.05, 3.63) is 69.2 Å². The number of β-amino-alcohol motifs (C(OH)–C–C–N with tert-alkyl or cyclic N) is 1. The van der Waals surface area contributed by atoms with Gasteiger partial charge in [-0.15, -0.1) is 11.3 Å². The van der Waals surface area contributed by atoms with E-state index in [1.807, 2.05) is 24.3 Å². The van der Waals surface area contributed by atoms with Crippen molar-refractivity contribution in [2.75, 3.05) is 6.54 Å². The molecule has 1 amide bonds. The first kappa shape index (κ1) is 18.3. The lowest BCUT2D eigenvalue weighted by molar-refractivity contribution is -0.384. The van der Waals surface area contributed by atoms with E-state index >= 15 is 0 Å². The highest BCUT2D eigenvalue weighted by molar-refractivity contribution is 7.18. The molecule has 0 saturated carbocycles. The van der Waals surface area contributed by atoms with Gasteiger partial charge in [-0.1, -0.05) is 12.1 Å². The second-order valence-electron chi connectivity index (χ2n) is 6.56. The molecule has 9 heteroatoms. The second-order valence-corrected chi connectivity index (χ2v) is 7.62. The van der Waals surface area contributed by atoms with Gasteiger partial charge in [-0.2, -0.15) is 0 Å². The van der Waals surface area contributed by atoms with Crippen molar-refractivity contribution < 1.29 is 19.6 Å². The van der Waals surface area contributed by atoms with Crippen LogP contribution in [0.25, 0.3) is 10.2 Å². The van der Waals surface area contributed by atoms with E-state index in [2.05, 4.69) is 4.98 Å². The Morgan fingerprint density at radius 1 is 1.29 bits per heavy atom. The standard InChI is InChI=1S/C19H17N3O5S/c23-14-9-16(18-20-15-3-1-2-4-17(15)28-18)21(10-14)19(24)27-11-12-5-7-13(8-6-12)22(25)26/h1-8,14,16,23H,9-11H2/t14-,16+/m1/s1. The lowest BCUT2D eigenvalue weighted by Gasteiger charge is -2.22. The summed E-state index contributed by atoms with van der Waals surface area (Å²) in [5.74, 6) is 0. The maximum absolute atomic E-state index is 12.6. The number of nitro groups is 1. The minimum atomic E-state index is -0.635. The van der Waals surface area contributed by atoms with E-state index in [-0.39, 0.29) is 24.9 Å². The molecule has 2 aromatic carbocycles. The first-order valence-electron chi connectivity index (χ1n) is 8.71. The summed E-state index contributed by atoms with van der Waals surface area (Å²) in [6, 6.07) is 13.2. The molecule has 1 aliphatic rings. The fourth-order valence-electron chi connectivity index (χ4n) is 3.22. The van der Waals surface area contributed by atoms with Crippen LogP contribution in [0.3, 0.4) is 0 Å². The number of ether oxygens (including phenoxy) is 1. The third-order valence-electron chi connectivity index (χ3n) is 4.62. The highest BCUT2D eigenvalue weighted by Crippen LogP contribution is 2.37. The SMILES string of the molecule is O=C(OCc1ccc([N+](=O)[O-])cc1)N1C[C@H](O)C[C@H]1c1nc2ccccc2s1. The average Bonchev–Trinajstić information content (AvgIpc) is 3.29. The van der Waals surface area contributed by atoms with Crippen LogP contribution in [0.4, 0.5) is 10.5 Å². The summed E-state index contributed by atoms with van der Waals surface area (Å²) >= 11 is 1.50. The zero-order valence-corrected chi connectivity index (χ0v) is 15.5. The molecule has 0 unspecified atom stereocenters. The number of aliphatic hydroxyl groups is 1. The zero-order chi connectivity index (χ0) is 19.7. The first-order chi connectivity index (χ1) is 13.5. The van der Waals surface area contributed by atoms with Crippen LogP contribution < -0.4 is 0 Å². The van der Waals surface area contributed by atoms with Crippen LogP contribution in [0.2, 0.25) is 0 Å². The fourth-order valence-corrected chi connectivity index (χ4v) is 4.32. The molecule has 1 N–H and O–H groups in total. The molecule has 0 bridgehead atoms. The maximum Gasteiger partial charge on any atom is 0.410 e. The summed E-state index contributed by atoms with van der Waals surface area (Å²) in [5, 5.41) is 21.6. The predicted octanol–water partition coefficient (Wildman–Crippen LogP) is 3.65. The van der Waals surface area contributed by atoms with Crippen molar-refractivity contribution in [1.29, 1.82) is 0 Å². The smallest absolute Gasteiger partial charge is 0.410 e. The number of non-ortho nitro benzene ring substituents is 1. The summed E-state index contributed by atoms with van der Waals surface area (Å²) in [6.07, 6.45) is -0.769. The molecule has 1 aromatic heterocycles. The van der Waals surface area contributed by atoms with Crippen LogP contribution in [0, 0.1) is 10.1 Å². The van der Waals surface area contributed by atoms with Crippen LogP contribution in [0.5, 0.6) is 0 Å². The highest BCUT2D eigenvalue weighted by atomic mass is 32.1. The van der Waals surface area contributed by atoms with Crippen molar-refractivity contribution in [3.8, 4) is 0 Å². The third-order valence-corrected chi connectivity index (χ3v) is 5.76. The number of aliphatic hydroxyl groups excluding tert-OH is 1. The normalized spacial score (nSPS) is 19.1. The Kier molecular flexibility index (Phi) is 4.93. The number of aromatic nitrogens is 1. The first-order valence-corrected chi connectivity index (χ1v) is 9.53. The number of fused-ring (bicyclic) bond motifs is 1. The molecule has 1 aliphatic heterocycles. The van der Waals surface area contributed by atoms with E-state index in [0.29, 0.717) is 12.0 Å². The maximum atomic E-state index is 12.6. The van der Waals surface area contributed by atoms with E-state index in [4.69, 9.17) is 4.74 Å². The number of hydrogen-bond donors (Lipinski definition) is 1. The highest BCUT2D eigenvalue weighted by Gasteiger charge is 2.38. The number of nitro benzene ring substituents is 1. The molecule has 0 radical (unpaired) electrons. The lowest BCUT2D eigenvalue weighted by atomic mass is 10.2. The van der Waals surface area contributed by atoms with Crippen molar-refractivity contribution in [1.82, 2.24) is 9.88 Å². The number of carbonyl (C=O) groups is 1. The van der Waals surface area contributed by atoms with Gasteiger partial charge in [0.1, 0.15) is 11.6 Å². The average molecular weight is 399 g/mol. The van der Waals surface area contributed by atoms with E-state index < -0.39 is 17.1 Å². The Morgan fingerprint density at radius 3 is 2.75 bits per heavy atom. The summed E-state index contributed by atoms with van der Waals surface area (Å²) < 4.78 is 6.40. The monoisotopic (exact) mass is 399 g/mol. The van der Waals surface area contributed by atoms with E-state index in [0.717, 1.165) is 15.2 Å². The van der Waals surface area contributed by atoms with Crippen LogP contribution in [-0.2, 0) is 11.3 Å². The number of benzene rings is 2. The van der Waals surface area contributed by atoms with Gasteiger partial charge in [0.25, 0.3) is 5.69 Å². The minimum Gasteiger partial charge on any atom is -0.445 e. The van der Waals surface area contributed by atoms with Crippen molar-refractivity contribution >= 4 is 33.3 Å². The van der Waals surface area contributed by atoms with Crippen LogP contribution >= 0.6 is 11.3 Å². The van der Waals surface area contributed by atoms with Gasteiger partial charge in [-0.05, 0) is 29.8 Å². The van der Waals surface area contributed by atoms with Crippen molar-refractivity contribution in [2.24, 2.45) is 0 Å². The van der Waals surface area contributed by atoms with Gasteiger partial charge in [0.15, 0.2) is 0 Å². The van der Waals surface area contributed by atoms with Gasteiger partial charge in [0.05, 0.1) is 33.8 Å². The summed E-state index contributed by atoms with van der Waals surface area (Å²) in [4.78, 5) is 28.9. The van der Waals surface area contributed by atoms with Gasteiger partial charge in [0, 0.05) is 18.6 Å². The number of nitrogens with zero attached hydrogens (tertiary/aromatic N) is 3. The molecule has 4 rings (SSSR count). The van der Waals surface area contributed by atoms with Gasteiger partial charge >= 0.3 is 6.09 Å². The van der Waals surface area contributed by atoms with E-state index in [1.165, 1.54) is 28.4 Å². The number of carbonyl (C=O) groups excluding carboxylic acids is 1. The molecule has 8 nitrogen and oxygen atoms in total. The molecule has 0 spiro atoms.